The van der Waals surface area contributed by atoms with Gasteiger partial charge in [-0.15, -0.1) is 0 Å². The van der Waals surface area contributed by atoms with E-state index in [1.807, 2.05) is 65.5 Å². The highest BCUT2D eigenvalue weighted by Gasteiger charge is 2.00. The van der Waals surface area contributed by atoms with Crippen LogP contribution in [0.25, 0.3) is 5.69 Å². The van der Waals surface area contributed by atoms with Crippen molar-refractivity contribution in [3.05, 3.63) is 84.4 Å². The standard InChI is InChI=1S/C17H12N2/c1-2-6-15(7-3-1)8-9-16-14-18-11-10-17(16)19-12-4-5-13-19/h1-7,10-14H. The van der Waals surface area contributed by atoms with E-state index in [4.69, 9.17) is 0 Å². The maximum Gasteiger partial charge on any atom is 0.0672 e. The van der Waals surface area contributed by atoms with Gasteiger partial charge in [0.25, 0.3) is 0 Å². The Bertz CT molecular complexity index is 717. The van der Waals surface area contributed by atoms with Crippen molar-refractivity contribution in [2.24, 2.45) is 0 Å². The molecule has 0 spiro atoms. The molecular formula is C17H12N2. The van der Waals surface area contributed by atoms with Gasteiger partial charge in [0, 0.05) is 30.4 Å². The van der Waals surface area contributed by atoms with E-state index in [9.17, 15) is 0 Å². The summed E-state index contributed by atoms with van der Waals surface area (Å²) in [5.41, 5.74) is 2.97. The average molecular weight is 244 g/mol. The lowest BCUT2D eigenvalue weighted by Crippen LogP contribution is -1.94. The number of hydrogen-bond donors (Lipinski definition) is 0. The largest absolute Gasteiger partial charge is 0.323 e. The molecule has 2 heterocycles. The number of aromatic nitrogens is 2. The molecule has 2 nitrogen and oxygen atoms in total. The minimum Gasteiger partial charge on any atom is -0.323 e. The molecule has 0 saturated heterocycles. The van der Waals surface area contributed by atoms with E-state index in [2.05, 4.69) is 16.8 Å². The van der Waals surface area contributed by atoms with E-state index in [-0.39, 0.29) is 0 Å². The van der Waals surface area contributed by atoms with Crippen molar-refractivity contribution in [2.45, 2.75) is 0 Å². The first-order valence-corrected chi connectivity index (χ1v) is 6.08. The third kappa shape index (κ3) is 2.56. The lowest BCUT2D eigenvalue weighted by atomic mass is 10.2. The van der Waals surface area contributed by atoms with Crippen LogP contribution < -0.4 is 0 Å². The Hall–Kier alpha value is -2.79. The lowest BCUT2D eigenvalue weighted by Gasteiger charge is -2.04. The highest BCUT2D eigenvalue weighted by molar-refractivity contribution is 5.52. The Balaban J connectivity index is 2.01. The summed E-state index contributed by atoms with van der Waals surface area (Å²) in [7, 11) is 0. The molecule has 0 aliphatic heterocycles. The normalized spacial score (nSPS) is 9.68. The van der Waals surface area contributed by atoms with Gasteiger partial charge in [0.05, 0.1) is 11.3 Å². The third-order valence-electron chi connectivity index (χ3n) is 2.80. The average Bonchev–Trinajstić information content (AvgIpc) is 3.01. The zero-order valence-corrected chi connectivity index (χ0v) is 10.3. The number of nitrogens with zero attached hydrogens (tertiary/aromatic N) is 2. The Morgan fingerprint density at radius 3 is 2.42 bits per heavy atom. The predicted octanol–water partition coefficient (Wildman–Crippen LogP) is 3.27. The van der Waals surface area contributed by atoms with Crippen LogP contribution in [0.1, 0.15) is 11.1 Å². The van der Waals surface area contributed by atoms with Crippen LogP contribution in [0, 0.1) is 11.8 Å². The zero-order valence-electron chi connectivity index (χ0n) is 10.3. The van der Waals surface area contributed by atoms with E-state index in [0.29, 0.717) is 0 Å². The predicted molar refractivity (Wildman–Crippen MR) is 76.0 cm³/mol. The highest BCUT2D eigenvalue weighted by atomic mass is 14.9. The van der Waals surface area contributed by atoms with Crippen molar-refractivity contribution in [2.75, 3.05) is 0 Å². The molecule has 3 aromatic rings. The maximum absolute atomic E-state index is 4.15. The van der Waals surface area contributed by atoms with Crippen LogP contribution >= 0.6 is 0 Å². The molecule has 2 aromatic heterocycles. The molecule has 0 aliphatic carbocycles. The van der Waals surface area contributed by atoms with E-state index < -0.39 is 0 Å². The van der Waals surface area contributed by atoms with Crippen molar-refractivity contribution < 1.29 is 0 Å². The fourth-order valence-corrected chi connectivity index (χ4v) is 1.86. The Kier molecular flexibility index (Phi) is 3.12. The molecule has 90 valence electrons. The van der Waals surface area contributed by atoms with Gasteiger partial charge in [-0.3, -0.25) is 4.98 Å². The highest BCUT2D eigenvalue weighted by Crippen LogP contribution is 2.12. The summed E-state index contributed by atoms with van der Waals surface area (Å²) in [6.07, 6.45) is 7.58. The molecule has 0 N–H and O–H groups in total. The van der Waals surface area contributed by atoms with Crippen LogP contribution in [0.5, 0.6) is 0 Å². The monoisotopic (exact) mass is 244 g/mol. The van der Waals surface area contributed by atoms with E-state index in [0.717, 1.165) is 16.8 Å². The molecule has 0 radical (unpaired) electrons. The fourth-order valence-electron chi connectivity index (χ4n) is 1.86. The Labute approximate surface area is 112 Å². The molecule has 0 bridgehead atoms. The van der Waals surface area contributed by atoms with Crippen molar-refractivity contribution in [3.63, 3.8) is 0 Å². The van der Waals surface area contributed by atoms with Gasteiger partial charge in [-0.2, -0.15) is 0 Å². The number of rotatable bonds is 1. The minimum atomic E-state index is 0.919. The maximum atomic E-state index is 4.15. The zero-order chi connectivity index (χ0) is 12.9. The summed E-state index contributed by atoms with van der Waals surface area (Å²) in [6, 6.07) is 15.9. The van der Waals surface area contributed by atoms with E-state index in [1.165, 1.54) is 0 Å². The summed E-state index contributed by atoms with van der Waals surface area (Å²) in [4.78, 5) is 4.15. The third-order valence-corrected chi connectivity index (χ3v) is 2.80. The smallest absolute Gasteiger partial charge is 0.0672 e. The molecule has 0 atom stereocenters. The number of pyridine rings is 1. The van der Waals surface area contributed by atoms with Crippen LogP contribution in [0.4, 0.5) is 0 Å². The molecule has 0 saturated carbocycles. The van der Waals surface area contributed by atoms with Gasteiger partial charge in [-0.1, -0.05) is 30.0 Å². The molecule has 1 aromatic carbocycles. The minimum absolute atomic E-state index is 0.919. The molecule has 0 unspecified atom stereocenters. The SMILES string of the molecule is C(#Cc1cnccc1-n1cccc1)c1ccccc1. The van der Waals surface area contributed by atoms with Gasteiger partial charge in [0.15, 0.2) is 0 Å². The van der Waals surface area contributed by atoms with Gasteiger partial charge in [-0.25, -0.2) is 0 Å². The van der Waals surface area contributed by atoms with Gasteiger partial charge in [0.1, 0.15) is 0 Å². The molecule has 0 amide bonds. The van der Waals surface area contributed by atoms with Crippen molar-refractivity contribution in [1.82, 2.24) is 9.55 Å². The summed E-state index contributed by atoms with van der Waals surface area (Å²) in [5, 5.41) is 0. The Morgan fingerprint density at radius 1 is 0.842 bits per heavy atom. The fraction of sp³-hybridized carbons (Fsp3) is 0. The first-order chi connectivity index (χ1) is 9.43. The van der Waals surface area contributed by atoms with Crippen LogP contribution in [0.2, 0.25) is 0 Å². The van der Waals surface area contributed by atoms with Crippen LogP contribution in [-0.2, 0) is 0 Å². The van der Waals surface area contributed by atoms with Crippen molar-refractivity contribution in [3.8, 4) is 17.5 Å². The van der Waals surface area contributed by atoms with Crippen molar-refractivity contribution in [1.29, 1.82) is 0 Å². The molecule has 19 heavy (non-hydrogen) atoms. The van der Waals surface area contributed by atoms with Crippen LogP contribution in [-0.4, -0.2) is 9.55 Å². The Morgan fingerprint density at radius 2 is 1.63 bits per heavy atom. The van der Waals surface area contributed by atoms with Crippen molar-refractivity contribution >= 4 is 0 Å². The second-order valence-corrected chi connectivity index (χ2v) is 4.10. The number of hydrogen-bond acceptors (Lipinski definition) is 1. The summed E-state index contributed by atoms with van der Waals surface area (Å²) in [6.45, 7) is 0. The summed E-state index contributed by atoms with van der Waals surface area (Å²) >= 11 is 0. The topological polar surface area (TPSA) is 17.8 Å². The summed E-state index contributed by atoms with van der Waals surface area (Å²) in [5.74, 6) is 6.34. The quantitative estimate of drug-likeness (QED) is 0.601. The second kappa shape index (κ2) is 5.24. The van der Waals surface area contributed by atoms with Gasteiger partial charge in [-0.05, 0) is 30.3 Å². The van der Waals surface area contributed by atoms with Gasteiger partial charge in [0.2, 0.25) is 0 Å². The first kappa shape index (κ1) is 11.3. The lowest BCUT2D eigenvalue weighted by molar-refractivity contribution is 1.06. The van der Waals surface area contributed by atoms with E-state index in [1.54, 1.807) is 12.4 Å². The van der Waals surface area contributed by atoms with E-state index >= 15 is 0 Å². The molecule has 3 rings (SSSR count). The molecular weight excluding hydrogens is 232 g/mol. The van der Waals surface area contributed by atoms with Gasteiger partial charge < -0.3 is 4.57 Å². The molecule has 0 fully saturated rings. The second-order valence-electron chi connectivity index (χ2n) is 4.10. The first-order valence-electron chi connectivity index (χ1n) is 6.08. The molecule has 0 aliphatic rings. The number of benzene rings is 1. The van der Waals surface area contributed by atoms with Gasteiger partial charge >= 0.3 is 0 Å². The van der Waals surface area contributed by atoms with Crippen LogP contribution in [0.15, 0.2) is 73.3 Å². The molecule has 2 heteroatoms. The van der Waals surface area contributed by atoms with Crippen LogP contribution in [0.3, 0.4) is 0 Å². The summed E-state index contributed by atoms with van der Waals surface area (Å²) < 4.78 is 2.04.